The van der Waals surface area contributed by atoms with Crippen LogP contribution in [-0.4, -0.2) is 39.9 Å². The molecule has 4 heteroatoms. The fourth-order valence-corrected chi connectivity index (χ4v) is 3.35. The summed E-state index contributed by atoms with van der Waals surface area (Å²) in [7, 11) is 0. The summed E-state index contributed by atoms with van der Waals surface area (Å²) in [5, 5.41) is 30.3. The van der Waals surface area contributed by atoms with Crippen molar-refractivity contribution in [2.45, 2.75) is 83.0 Å². The second kappa shape index (κ2) is 12.4. The van der Waals surface area contributed by atoms with Crippen molar-refractivity contribution < 1.29 is 20.1 Å². The molecule has 138 valence electrons. The number of aliphatic hydroxyl groups is 3. The average molecular weight is 338 g/mol. The van der Waals surface area contributed by atoms with E-state index in [4.69, 9.17) is 0 Å². The highest BCUT2D eigenvalue weighted by Gasteiger charge is 2.39. The fourth-order valence-electron chi connectivity index (χ4n) is 3.35. The highest BCUT2D eigenvalue weighted by atomic mass is 16.3. The van der Waals surface area contributed by atoms with Crippen LogP contribution in [0.1, 0.15) is 64.7 Å². The topological polar surface area (TPSA) is 77.8 Å². The van der Waals surface area contributed by atoms with Gasteiger partial charge in [0, 0.05) is 18.8 Å². The first-order valence-electron chi connectivity index (χ1n) is 9.41. The second-order valence-corrected chi connectivity index (χ2v) is 6.86. The van der Waals surface area contributed by atoms with Crippen LogP contribution in [0.3, 0.4) is 0 Å². The van der Waals surface area contributed by atoms with Gasteiger partial charge in [-0.05, 0) is 31.6 Å². The number of carbonyl (C=O) groups is 1. The predicted octanol–water partition coefficient (Wildman–Crippen LogP) is 3.16. The molecule has 5 atom stereocenters. The zero-order chi connectivity index (χ0) is 17.8. The molecular weight excluding hydrogens is 304 g/mol. The first-order chi connectivity index (χ1) is 11.6. The molecule has 0 bridgehead atoms. The molecule has 0 spiro atoms. The van der Waals surface area contributed by atoms with Crippen molar-refractivity contribution in [1.82, 2.24) is 0 Å². The molecule has 1 fully saturated rings. The summed E-state index contributed by atoms with van der Waals surface area (Å²) in [5.41, 5.74) is 0. The van der Waals surface area contributed by atoms with Gasteiger partial charge in [0.15, 0.2) is 0 Å². The van der Waals surface area contributed by atoms with Crippen LogP contribution in [0.15, 0.2) is 24.3 Å². The first-order valence-corrected chi connectivity index (χ1v) is 9.41. The fraction of sp³-hybridized carbons (Fsp3) is 0.750. The smallest absolute Gasteiger partial charge is 0.120 e. The summed E-state index contributed by atoms with van der Waals surface area (Å²) >= 11 is 0. The second-order valence-electron chi connectivity index (χ2n) is 6.86. The quantitative estimate of drug-likeness (QED) is 0.290. The zero-order valence-corrected chi connectivity index (χ0v) is 14.9. The van der Waals surface area contributed by atoms with Crippen LogP contribution in [0.4, 0.5) is 0 Å². The standard InChI is InChI=1S/C20H34O4/c1-2-3-7-10-16(22)12-13-18-17(19(23)15-20(18)24)11-8-5-4-6-9-14-21/h5,8,12-14,16-20,22-24H,2-4,6-7,9-11,15H2,1H3/b8-5-,13-12+/t16-,17-,18+,19-,20+/m0/s1. The summed E-state index contributed by atoms with van der Waals surface area (Å²) in [6, 6.07) is 0. The van der Waals surface area contributed by atoms with Crippen molar-refractivity contribution in [2.75, 3.05) is 0 Å². The molecule has 0 aromatic rings. The molecular formula is C20H34O4. The van der Waals surface area contributed by atoms with E-state index in [1.165, 1.54) is 0 Å². The van der Waals surface area contributed by atoms with Gasteiger partial charge in [-0.1, -0.05) is 50.5 Å². The van der Waals surface area contributed by atoms with E-state index in [0.29, 0.717) is 19.3 Å². The van der Waals surface area contributed by atoms with Crippen LogP contribution in [0, 0.1) is 11.8 Å². The molecule has 0 heterocycles. The summed E-state index contributed by atoms with van der Waals surface area (Å²) in [6.07, 6.45) is 14.5. The van der Waals surface area contributed by atoms with Crippen molar-refractivity contribution in [3.63, 3.8) is 0 Å². The van der Waals surface area contributed by atoms with Gasteiger partial charge < -0.3 is 20.1 Å². The van der Waals surface area contributed by atoms with Gasteiger partial charge in [-0.3, -0.25) is 0 Å². The van der Waals surface area contributed by atoms with Crippen LogP contribution in [-0.2, 0) is 4.79 Å². The number of carbonyl (C=O) groups excluding carboxylic acids is 1. The van der Waals surface area contributed by atoms with Crippen LogP contribution >= 0.6 is 0 Å². The Bertz CT molecular complexity index is 391. The van der Waals surface area contributed by atoms with Crippen molar-refractivity contribution in [2.24, 2.45) is 11.8 Å². The maximum absolute atomic E-state index is 10.3. The third-order valence-corrected chi connectivity index (χ3v) is 4.84. The van der Waals surface area contributed by atoms with Crippen molar-refractivity contribution >= 4 is 6.29 Å². The third-order valence-electron chi connectivity index (χ3n) is 4.84. The number of rotatable bonds is 12. The van der Waals surface area contributed by atoms with Crippen LogP contribution in [0.5, 0.6) is 0 Å². The molecule has 0 saturated heterocycles. The van der Waals surface area contributed by atoms with Crippen molar-refractivity contribution in [3.05, 3.63) is 24.3 Å². The molecule has 1 aliphatic rings. The molecule has 24 heavy (non-hydrogen) atoms. The van der Waals surface area contributed by atoms with Crippen molar-refractivity contribution in [3.8, 4) is 0 Å². The van der Waals surface area contributed by atoms with Crippen LogP contribution in [0.25, 0.3) is 0 Å². The van der Waals surface area contributed by atoms with Gasteiger partial charge >= 0.3 is 0 Å². The number of aldehydes is 1. The highest BCUT2D eigenvalue weighted by molar-refractivity contribution is 5.49. The van der Waals surface area contributed by atoms with Crippen LogP contribution in [0.2, 0.25) is 0 Å². The molecule has 0 amide bonds. The predicted molar refractivity (Wildman–Crippen MR) is 96.6 cm³/mol. The maximum atomic E-state index is 10.3. The Labute approximate surface area is 146 Å². The minimum Gasteiger partial charge on any atom is -0.393 e. The van der Waals surface area contributed by atoms with Crippen LogP contribution < -0.4 is 0 Å². The first kappa shape index (κ1) is 21.1. The molecule has 4 nitrogen and oxygen atoms in total. The van der Waals surface area contributed by atoms with Crippen molar-refractivity contribution in [1.29, 1.82) is 0 Å². The van der Waals surface area contributed by atoms with Gasteiger partial charge in [-0.15, -0.1) is 0 Å². The average Bonchev–Trinajstić information content (AvgIpc) is 2.82. The van der Waals surface area contributed by atoms with E-state index in [1.807, 2.05) is 18.2 Å². The van der Waals surface area contributed by atoms with Gasteiger partial charge in [-0.2, -0.15) is 0 Å². The lowest BCUT2D eigenvalue weighted by Gasteiger charge is -2.19. The summed E-state index contributed by atoms with van der Waals surface area (Å²) in [6.45, 7) is 2.13. The van der Waals surface area contributed by atoms with Gasteiger partial charge in [0.1, 0.15) is 6.29 Å². The summed E-state index contributed by atoms with van der Waals surface area (Å²) in [4.78, 5) is 10.3. The van der Waals surface area contributed by atoms with Gasteiger partial charge in [0.2, 0.25) is 0 Å². The largest absolute Gasteiger partial charge is 0.393 e. The minimum absolute atomic E-state index is 0.0126. The number of aliphatic hydroxyl groups excluding tert-OH is 3. The Morgan fingerprint density at radius 1 is 1.08 bits per heavy atom. The molecule has 1 aliphatic carbocycles. The molecule has 0 radical (unpaired) electrons. The lowest BCUT2D eigenvalue weighted by molar-refractivity contribution is -0.107. The van der Waals surface area contributed by atoms with Gasteiger partial charge in [0.25, 0.3) is 0 Å². The molecule has 0 unspecified atom stereocenters. The summed E-state index contributed by atoms with van der Waals surface area (Å²) < 4.78 is 0. The molecule has 1 rings (SSSR count). The number of hydrogen-bond donors (Lipinski definition) is 3. The lowest BCUT2D eigenvalue weighted by Crippen LogP contribution is -2.20. The minimum atomic E-state index is -0.549. The Morgan fingerprint density at radius 3 is 2.58 bits per heavy atom. The van der Waals surface area contributed by atoms with E-state index in [2.05, 4.69) is 6.92 Å². The van der Waals surface area contributed by atoms with E-state index in [1.54, 1.807) is 6.08 Å². The molecule has 0 aromatic carbocycles. The molecule has 1 saturated carbocycles. The number of unbranched alkanes of at least 4 members (excludes halogenated alkanes) is 4. The third kappa shape index (κ3) is 7.73. The van der Waals surface area contributed by atoms with Gasteiger partial charge in [-0.25, -0.2) is 0 Å². The lowest BCUT2D eigenvalue weighted by atomic mass is 9.89. The van der Waals surface area contributed by atoms with E-state index < -0.39 is 18.3 Å². The Balaban J connectivity index is 2.48. The monoisotopic (exact) mass is 338 g/mol. The normalized spacial score (nSPS) is 28.8. The highest BCUT2D eigenvalue weighted by Crippen LogP contribution is 2.36. The van der Waals surface area contributed by atoms with E-state index in [0.717, 1.165) is 44.8 Å². The maximum Gasteiger partial charge on any atom is 0.120 e. The van der Waals surface area contributed by atoms with Gasteiger partial charge in [0.05, 0.1) is 18.3 Å². The van der Waals surface area contributed by atoms with E-state index in [-0.39, 0.29) is 11.8 Å². The Hall–Kier alpha value is -0.970. The number of allylic oxidation sites excluding steroid dienone is 2. The van der Waals surface area contributed by atoms with E-state index >= 15 is 0 Å². The molecule has 0 aliphatic heterocycles. The zero-order valence-electron chi connectivity index (χ0n) is 14.9. The Morgan fingerprint density at radius 2 is 1.88 bits per heavy atom. The molecule has 0 aromatic heterocycles. The Kier molecular flexibility index (Phi) is 10.9. The SMILES string of the molecule is CCCCC[C@H](O)/C=C/[C@@H]1[C@H](C/C=C\CCCC=O)[C@@H](O)C[C@H]1O. The molecule has 3 N–H and O–H groups in total. The number of hydrogen-bond acceptors (Lipinski definition) is 4. The van der Waals surface area contributed by atoms with E-state index in [9.17, 15) is 20.1 Å². The summed E-state index contributed by atoms with van der Waals surface area (Å²) in [5.74, 6) is -0.123.